The molecule has 0 spiro atoms. The average Bonchev–Trinajstić information content (AvgIpc) is 3.31. The predicted molar refractivity (Wildman–Crippen MR) is 162 cm³/mol. The highest BCUT2D eigenvalue weighted by Gasteiger charge is 2.30. The van der Waals surface area contributed by atoms with Crippen LogP contribution in [0.25, 0.3) is 22.4 Å². The Morgan fingerprint density at radius 2 is 1.52 bits per heavy atom. The van der Waals surface area contributed by atoms with E-state index >= 15 is 0 Å². The van der Waals surface area contributed by atoms with Crippen molar-refractivity contribution in [3.8, 4) is 22.4 Å². The van der Waals surface area contributed by atoms with Crippen molar-refractivity contribution in [2.45, 2.75) is 57.8 Å². The summed E-state index contributed by atoms with van der Waals surface area (Å²) in [5, 5.41) is 29.9. The molecule has 3 N–H and O–H groups in total. The molecule has 0 bridgehead atoms. The molecular formula is C34H37FN2O5. The molecule has 0 amide bonds. The number of carbonyl (C=O) groups is 1. The van der Waals surface area contributed by atoms with Gasteiger partial charge < -0.3 is 24.6 Å². The second-order valence-corrected chi connectivity index (χ2v) is 10.5. The Hall–Kier alpha value is -4.27. The number of aromatic nitrogens is 1. The first kappa shape index (κ1) is 30.7. The summed E-state index contributed by atoms with van der Waals surface area (Å²) in [7, 11) is 1.59. The van der Waals surface area contributed by atoms with Crippen LogP contribution < -0.4 is 0 Å². The number of methoxy groups -OCH3 is 1. The fourth-order valence-corrected chi connectivity index (χ4v) is 5.30. The Labute approximate surface area is 245 Å². The van der Waals surface area contributed by atoms with E-state index in [-0.39, 0.29) is 24.6 Å². The summed E-state index contributed by atoms with van der Waals surface area (Å²) in [5.41, 5.74) is 5.81. The molecule has 7 nitrogen and oxygen atoms in total. The minimum Gasteiger partial charge on any atom is -0.481 e. The lowest BCUT2D eigenvalue weighted by Gasteiger charge is -2.20. The molecule has 2 atom stereocenters. The molecule has 1 heterocycles. The smallest absolute Gasteiger partial charge is 0.305 e. The van der Waals surface area contributed by atoms with E-state index in [9.17, 15) is 19.4 Å². The number of aliphatic carboxylic acids is 1. The molecule has 2 unspecified atom stereocenters. The number of para-hydroxylation sites is 1. The monoisotopic (exact) mass is 572 g/mol. The van der Waals surface area contributed by atoms with Gasteiger partial charge in [-0.2, -0.15) is 0 Å². The summed E-state index contributed by atoms with van der Waals surface area (Å²) in [4.78, 5) is 15.9. The molecule has 0 saturated heterocycles. The van der Waals surface area contributed by atoms with Gasteiger partial charge in [0.1, 0.15) is 5.82 Å². The van der Waals surface area contributed by atoms with Gasteiger partial charge in [-0.05, 0) is 66.3 Å². The van der Waals surface area contributed by atoms with Gasteiger partial charge in [-0.25, -0.2) is 9.38 Å². The van der Waals surface area contributed by atoms with Gasteiger partial charge >= 0.3 is 5.97 Å². The summed E-state index contributed by atoms with van der Waals surface area (Å²) in [6.45, 7) is 4.49. The molecule has 4 rings (SSSR count). The highest BCUT2D eigenvalue weighted by molar-refractivity contribution is 6.07. The second kappa shape index (κ2) is 14.1. The molecule has 0 aliphatic heterocycles. The number of benzene rings is 3. The standard InChI is InChI=1S/C34H37FN2O5/c1-22(2)32-31(34(42-3)36-26-12-8-5-9-13-26)30(23-10-6-4-7-11-23)33(24-14-16-25(35)17-15-24)37(32)19-18-27(38)20-28(39)21-29(40)41/h4-17,22,27-28,38-39H,18-21H2,1-3H3,(H,40,41). The van der Waals surface area contributed by atoms with Crippen molar-refractivity contribution < 1.29 is 29.2 Å². The van der Waals surface area contributed by atoms with Gasteiger partial charge in [0.25, 0.3) is 0 Å². The van der Waals surface area contributed by atoms with E-state index in [1.165, 1.54) is 12.1 Å². The van der Waals surface area contributed by atoms with Crippen LogP contribution in [0.2, 0.25) is 0 Å². The van der Waals surface area contributed by atoms with Gasteiger partial charge in [-0.15, -0.1) is 0 Å². The molecule has 8 heteroatoms. The molecule has 1 aromatic heterocycles. The SMILES string of the molecule is COC(=Nc1ccccc1)c1c(-c2ccccc2)c(-c2ccc(F)cc2)n(CCC(O)CC(O)CC(=O)O)c1C(C)C. The molecule has 42 heavy (non-hydrogen) atoms. The molecule has 0 saturated carbocycles. The largest absolute Gasteiger partial charge is 0.481 e. The number of aliphatic imine (C=N–C) groups is 1. The van der Waals surface area contributed by atoms with Crippen molar-refractivity contribution in [3.63, 3.8) is 0 Å². The number of hydrogen-bond donors (Lipinski definition) is 3. The number of ether oxygens (including phenoxy) is 1. The number of carboxylic acid groups (broad SMARTS) is 1. The molecule has 220 valence electrons. The quantitative estimate of drug-likeness (QED) is 0.128. The number of halogens is 1. The Balaban J connectivity index is 1.97. The number of carboxylic acids is 1. The highest BCUT2D eigenvalue weighted by atomic mass is 19.1. The van der Waals surface area contributed by atoms with Gasteiger partial charge in [-0.1, -0.05) is 62.4 Å². The van der Waals surface area contributed by atoms with E-state index in [4.69, 9.17) is 14.8 Å². The van der Waals surface area contributed by atoms with Gasteiger partial charge in [-0.3, -0.25) is 4.79 Å². The predicted octanol–water partition coefficient (Wildman–Crippen LogP) is 6.79. The van der Waals surface area contributed by atoms with Crippen LogP contribution >= 0.6 is 0 Å². The van der Waals surface area contributed by atoms with Crippen molar-refractivity contribution in [1.82, 2.24) is 4.57 Å². The fraction of sp³-hybridized carbons (Fsp3) is 0.294. The topological polar surface area (TPSA) is 104 Å². The lowest BCUT2D eigenvalue weighted by Crippen LogP contribution is -2.22. The minimum absolute atomic E-state index is 0.0115. The van der Waals surface area contributed by atoms with Crippen molar-refractivity contribution in [2.75, 3.05) is 7.11 Å². The molecule has 0 radical (unpaired) electrons. The van der Waals surface area contributed by atoms with Crippen LogP contribution in [0.5, 0.6) is 0 Å². The third-order valence-electron chi connectivity index (χ3n) is 7.07. The maximum Gasteiger partial charge on any atom is 0.305 e. The third-order valence-corrected chi connectivity index (χ3v) is 7.07. The van der Waals surface area contributed by atoms with Crippen LogP contribution in [0.4, 0.5) is 10.1 Å². The van der Waals surface area contributed by atoms with Crippen molar-refractivity contribution in [3.05, 3.63) is 102 Å². The van der Waals surface area contributed by atoms with Crippen LogP contribution in [0.3, 0.4) is 0 Å². The maximum absolute atomic E-state index is 14.1. The Kier molecular flexibility index (Phi) is 10.3. The van der Waals surface area contributed by atoms with Gasteiger partial charge in [0.2, 0.25) is 5.90 Å². The van der Waals surface area contributed by atoms with Crippen LogP contribution in [-0.2, 0) is 16.1 Å². The summed E-state index contributed by atoms with van der Waals surface area (Å²) in [6, 6.07) is 25.7. The van der Waals surface area contributed by atoms with Crippen LogP contribution in [-0.4, -0.2) is 51.1 Å². The van der Waals surface area contributed by atoms with E-state index < -0.39 is 24.6 Å². The maximum atomic E-state index is 14.1. The lowest BCUT2D eigenvalue weighted by molar-refractivity contribution is -0.139. The zero-order valence-corrected chi connectivity index (χ0v) is 24.1. The van der Waals surface area contributed by atoms with Gasteiger partial charge in [0.05, 0.1) is 42.7 Å². The molecule has 4 aromatic rings. The van der Waals surface area contributed by atoms with Crippen LogP contribution in [0, 0.1) is 5.82 Å². The average molecular weight is 573 g/mol. The summed E-state index contributed by atoms with van der Waals surface area (Å²) in [5.74, 6) is -1.07. The number of aliphatic hydroxyl groups excluding tert-OH is 2. The van der Waals surface area contributed by atoms with Crippen LogP contribution in [0.15, 0.2) is 89.9 Å². The van der Waals surface area contributed by atoms with E-state index in [2.05, 4.69) is 18.4 Å². The summed E-state index contributed by atoms with van der Waals surface area (Å²) < 4.78 is 22.2. The minimum atomic E-state index is -1.16. The van der Waals surface area contributed by atoms with Gasteiger partial charge in [0, 0.05) is 17.8 Å². The Bertz CT molecular complexity index is 1500. The first-order chi connectivity index (χ1) is 20.2. The molecule has 0 aliphatic rings. The van der Waals surface area contributed by atoms with Crippen molar-refractivity contribution >= 4 is 17.6 Å². The summed E-state index contributed by atoms with van der Waals surface area (Å²) >= 11 is 0. The van der Waals surface area contributed by atoms with Crippen LogP contribution in [0.1, 0.15) is 50.3 Å². The molecular weight excluding hydrogens is 535 g/mol. The number of nitrogens with zero attached hydrogens (tertiary/aromatic N) is 2. The first-order valence-electron chi connectivity index (χ1n) is 14.0. The number of rotatable bonds is 12. The van der Waals surface area contributed by atoms with Gasteiger partial charge in [0.15, 0.2) is 0 Å². The van der Waals surface area contributed by atoms with E-state index in [1.54, 1.807) is 19.2 Å². The van der Waals surface area contributed by atoms with E-state index in [1.807, 2.05) is 60.7 Å². The zero-order chi connectivity index (χ0) is 30.2. The second-order valence-electron chi connectivity index (χ2n) is 10.5. The Morgan fingerprint density at radius 1 is 0.905 bits per heavy atom. The van der Waals surface area contributed by atoms with Crippen molar-refractivity contribution in [1.29, 1.82) is 0 Å². The normalized spacial score (nSPS) is 13.3. The zero-order valence-electron chi connectivity index (χ0n) is 24.1. The number of hydrogen-bond acceptors (Lipinski definition) is 5. The number of aliphatic hydroxyl groups is 2. The summed E-state index contributed by atoms with van der Waals surface area (Å²) in [6.07, 6.45) is -2.34. The van der Waals surface area contributed by atoms with E-state index in [0.717, 1.165) is 39.3 Å². The third kappa shape index (κ3) is 7.32. The Morgan fingerprint density at radius 3 is 2.10 bits per heavy atom. The van der Waals surface area contributed by atoms with Crippen molar-refractivity contribution in [2.24, 2.45) is 4.99 Å². The lowest BCUT2D eigenvalue weighted by atomic mass is 9.94. The molecule has 0 fully saturated rings. The fourth-order valence-electron chi connectivity index (χ4n) is 5.30. The molecule has 0 aliphatic carbocycles. The highest BCUT2D eigenvalue weighted by Crippen LogP contribution is 2.43. The molecule has 3 aromatic carbocycles. The first-order valence-corrected chi connectivity index (χ1v) is 14.0. The van der Waals surface area contributed by atoms with E-state index in [0.29, 0.717) is 12.4 Å².